The number of Topliss-reactive ketones (excluding diaryl/α,β-unsaturated/α-hetero) is 1. The molecule has 0 amide bonds. The third-order valence-corrected chi connectivity index (χ3v) is 25.3. The highest BCUT2D eigenvalue weighted by Crippen LogP contribution is 2.35. The zero-order valence-electron chi connectivity index (χ0n) is 58.2. The smallest absolute Gasteiger partial charge is 0.337 e. The molecule has 13 rings (SSSR count). The van der Waals surface area contributed by atoms with Crippen molar-refractivity contribution >= 4 is 136 Å². The number of hydrogen-bond donors (Lipinski definition) is 8. The third-order valence-electron chi connectivity index (χ3n) is 16.2. The second-order valence-electron chi connectivity index (χ2n) is 24.0. The minimum atomic E-state index is -4.11. The molecule has 13 aromatic rings. The second kappa shape index (κ2) is 33.9. The van der Waals surface area contributed by atoms with Gasteiger partial charge in [-0.2, -0.15) is 21.9 Å². The molecule has 32 heteroatoms. The van der Waals surface area contributed by atoms with Gasteiger partial charge in [-0.1, -0.05) is 169 Å². The van der Waals surface area contributed by atoms with Gasteiger partial charge in [0.1, 0.15) is 15.7 Å². The van der Waals surface area contributed by atoms with Gasteiger partial charge in [-0.3, -0.25) is 28.8 Å². The number of carbonyl (C=O) groups excluding carboxylic acids is 1. The lowest BCUT2D eigenvalue weighted by atomic mass is 10.0. The maximum Gasteiger partial charge on any atom is 0.337 e. The predicted octanol–water partition coefficient (Wildman–Crippen LogP) is 14.7. The van der Waals surface area contributed by atoms with E-state index >= 15 is 0 Å². The van der Waals surface area contributed by atoms with Crippen LogP contribution in [0.25, 0.3) is 55.4 Å². The largest absolute Gasteiger partial charge is 0.478 e. The number of rotatable bonds is 22. The Morgan fingerprint density at radius 1 is 0.491 bits per heavy atom. The van der Waals surface area contributed by atoms with E-state index in [4.69, 9.17) is 0 Å². The number of benzene rings is 9. The van der Waals surface area contributed by atoms with Gasteiger partial charge in [0, 0.05) is 41.1 Å². The summed E-state index contributed by atoms with van der Waals surface area (Å²) >= 11 is 5.55. The van der Waals surface area contributed by atoms with Crippen LogP contribution in [0.2, 0.25) is 0 Å². The summed E-state index contributed by atoms with van der Waals surface area (Å²) in [4.78, 5) is 48.4. The third kappa shape index (κ3) is 19.6. The number of nitrogens with zero attached hydrogens (tertiary/aromatic N) is 5. The molecule has 9 aromatic carbocycles. The number of fused-ring (bicyclic) bond motifs is 1. The number of carboxylic acids is 3. The number of halogens is 1. The summed E-state index contributed by atoms with van der Waals surface area (Å²) in [5.74, 6) is -4.06. The minimum absolute atomic E-state index is 0.0303. The van der Waals surface area contributed by atoms with E-state index in [1.807, 2.05) is 172 Å². The molecular formula is C76H68BrN10O15S6+. The molecule has 4 heterocycles. The van der Waals surface area contributed by atoms with E-state index in [0.717, 1.165) is 64.3 Å². The average Bonchev–Trinajstić information content (AvgIpc) is 1.27. The average molecular weight is 1630 g/mol. The van der Waals surface area contributed by atoms with Crippen LogP contribution in [0.5, 0.6) is 0 Å². The molecule has 0 fully saturated rings. The van der Waals surface area contributed by atoms with Gasteiger partial charge in [-0.25, -0.2) is 35.9 Å². The van der Waals surface area contributed by atoms with Crippen LogP contribution in [-0.2, 0) is 60.6 Å². The molecule has 0 saturated heterocycles. The van der Waals surface area contributed by atoms with Crippen LogP contribution in [0.4, 0.5) is 22.7 Å². The number of aromatic amines is 1. The Kier molecular flexibility index (Phi) is 24.8. The predicted molar refractivity (Wildman–Crippen MR) is 421 cm³/mol. The lowest BCUT2D eigenvalue weighted by Gasteiger charge is -2.13. The van der Waals surface area contributed by atoms with Gasteiger partial charge in [0.15, 0.2) is 17.4 Å². The quantitative estimate of drug-likeness (QED) is 0.0231. The maximum atomic E-state index is 12.8. The summed E-state index contributed by atoms with van der Waals surface area (Å²) in [6.45, 7) is 6.87. The van der Waals surface area contributed by atoms with Crippen molar-refractivity contribution in [3.8, 4) is 44.5 Å². The number of para-hydroxylation sites is 1. The van der Waals surface area contributed by atoms with Gasteiger partial charge in [0.2, 0.25) is 15.0 Å². The lowest BCUT2D eigenvalue weighted by molar-refractivity contribution is -0.641. The Hall–Kier alpha value is -11.5. The Morgan fingerprint density at radius 3 is 1.28 bits per heavy atom. The Morgan fingerprint density at radius 2 is 0.889 bits per heavy atom. The summed E-state index contributed by atoms with van der Waals surface area (Å²) < 4.78 is 115. The molecule has 0 aliphatic carbocycles. The molecule has 0 unspecified atom stereocenters. The van der Waals surface area contributed by atoms with Gasteiger partial charge in [-0.15, -0.1) is 20.4 Å². The van der Waals surface area contributed by atoms with Gasteiger partial charge in [0.05, 0.1) is 55.6 Å². The first-order chi connectivity index (χ1) is 51.3. The van der Waals surface area contributed by atoms with Gasteiger partial charge in [-0.05, 0) is 154 Å². The number of nitrogens with one attached hydrogen (secondary N) is 5. The highest BCUT2D eigenvalue weighted by atomic mass is 79.9. The number of aromatic nitrogens is 6. The molecule has 108 heavy (non-hydrogen) atoms. The molecule has 0 aliphatic heterocycles. The van der Waals surface area contributed by atoms with Crippen molar-refractivity contribution in [1.82, 2.24) is 25.2 Å². The van der Waals surface area contributed by atoms with Crippen molar-refractivity contribution in [2.24, 2.45) is 14.1 Å². The Bertz CT molecular complexity index is 5810. The molecule has 8 N–H and O–H groups in total. The van der Waals surface area contributed by atoms with Crippen LogP contribution < -0.4 is 22.8 Å². The zero-order chi connectivity index (χ0) is 77.8. The molecule has 0 bridgehead atoms. The lowest BCUT2D eigenvalue weighted by Crippen LogP contribution is -2.32. The van der Waals surface area contributed by atoms with Crippen LogP contribution in [0.3, 0.4) is 0 Å². The Balaban J connectivity index is 0.000000154. The van der Waals surface area contributed by atoms with Crippen molar-refractivity contribution in [3.63, 3.8) is 0 Å². The number of H-pyrrole nitrogens is 1. The first-order valence-corrected chi connectivity index (χ1v) is 40.8. The van der Waals surface area contributed by atoms with Crippen LogP contribution in [-0.4, -0.2) is 104 Å². The number of hydrogen-bond acceptors (Lipinski definition) is 17. The summed E-state index contributed by atoms with van der Waals surface area (Å²) in [7, 11) is -12.5. The fraction of sp³-hybridized carbons (Fsp3) is 0.105. The molecule has 4 aromatic heterocycles. The number of sulfonamides is 4. The number of carboxylic acid groups (broad SMARTS) is 3. The van der Waals surface area contributed by atoms with E-state index < -0.39 is 58.0 Å². The van der Waals surface area contributed by atoms with Crippen molar-refractivity contribution in [2.45, 2.75) is 48.4 Å². The van der Waals surface area contributed by atoms with Crippen molar-refractivity contribution in [1.29, 1.82) is 0 Å². The van der Waals surface area contributed by atoms with Crippen LogP contribution in [0.15, 0.2) is 249 Å². The van der Waals surface area contributed by atoms with Crippen molar-refractivity contribution in [3.05, 3.63) is 278 Å². The minimum Gasteiger partial charge on any atom is -0.478 e. The molecule has 0 radical (unpaired) electrons. The number of thiophene rings is 1. The van der Waals surface area contributed by atoms with E-state index in [2.05, 4.69) is 55.3 Å². The normalized spacial score (nSPS) is 11.4. The molecule has 554 valence electrons. The molecule has 0 saturated carbocycles. The standard InChI is InChI=1S/C22H19N3O4S.C20H19NO3S2.C18H16N2O4S2.C16H13BrN4O4S/c26-22(27)18-11-10-16(15-6-2-1-3-7-15)14-21(18)25-30(28,29)13-12-20-17-8-4-5-9-19(17)23-24-20;1-13-11-14(2)25-20(13)26(23,24)21-19-12-17(9-10-18(19)15(3)22)16-7-5-4-6-8-16;1-12-10-17(20(2)25-12)26(23,24)19-16-11-14(8-9-15(16)18(21)22)13-6-4-3-5-7-13;1-21-15(14(17)18-20-21)26(24,25)19-13-9-11(7-8-12(13)16(22)23)10-5-3-2-4-6-10/h1-11,14,25H,12-13H2,(H,23,24)(H,26,27);4-12,21H,1-3H3;3-11,19H,1-2H3;2-9,19H,1H3,(H,22,23)/p+1. The second-order valence-corrected chi connectivity index (χ2v) is 34.3. The number of aromatic carboxylic acids is 3. The molecule has 0 atom stereocenters. The summed E-state index contributed by atoms with van der Waals surface area (Å²) in [6.07, 6.45) is 0.219. The first-order valence-electron chi connectivity index (χ1n) is 32.4. The number of anilines is 4. The van der Waals surface area contributed by atoms with Crippen LogP contribution >= 0.6 is 38.8 Å². The van der Waals surface area contributed by atoms with E-state index in [1.54, 1.807) is 56.4 Å². The maximum absolute atomic E-state index is 12.8. The summed E-state index contributed by atoms with van der Waals surface area (Å²) in [5.41, 5.74) is 8.92. The van der Waals surface area contributed by atoms with Crippen molar-refractivity contribution < 1.29 is 72.1 Å². The van der Waals surface area contributed by atoms with Gasteiger partial charge < -0.3 is 15.3 Å². The topological polar surface area (TPSA) is 377 Å². The van der Waals surface area contributed by atoms with Crippen LogP contribution in [0, 0.1) is 20.8 Å². The summed E-state index contributed by atoms with van der Waals surface area (Å²) in [5, 5.41) is 43.3. The molecular weight excluding hydrogens is 1570 g/mol. The van der Waals surface area contributed by atoms with E-state index in [9.17, 15) is 68.2 Å². The number of aryl methyl sites for hydroxylation is 6. The van der Waals surface area contributed by atoms with E-state index in [1.165, 1.54) is 71.1 Å². The van der Waals surface area contributed by atoms with Crippen LogP contribution in [0.1, 0.15) is 69.4 Å². The Labute approximate surface area is 638 Å². The fourth-order valence-corrected chi connectivity index (χ4v) is 19.6. The highest BCUT2D eigenvalue weighted by molar-refractivity contribution is 9.10. The molecule has 0 spiro atoms. The number of carbonyl (C=O) groups is 4. The summed E-state index contributed by atoms with van der Waals surface area (Å²) in [6, 6.07) is 67.2. The van der Waals surface area contributed by atoms with E-state index in [0.29, 0.717) is 28.1 Å². The van der Waals surface area contributed by atoms with Gasteiger partial charge in [0.25, 0.3) is 20.0 Å². The van der Waals surface area contributed by atoms with Gasteiger partial charge >= 0.3 is 33.0 Å². The zero-order valence-corrected chi connectivity index (χ0v) is 64.6. The SMILES string of the molecule is CC(=O)c1ccc(-c2ccccc2)cc1NS(=O)(=O)c1sc(C)cc1C.Cc1cc(S(=O)(=O)Nc2cc(-c3ccccc3)ccc2C(=O)O)[n+](C)s1.Cn1nnc(Br)c1S(=O)(=O)Nc1cc(-c2ccccc2)ccc1C(=O)O.O=C(O)c1ccc(-c2ccccc2)cc1NS(=O)(=O)CCc1[nH]nc2ccccc12. The highest BCUT2D eigenvalue weighted by Gasteiger charge is 2.31. The monoisotopic (exact) mass is 1630 g/mol. The van der Waals surface area contributed by atoms with E-state index in [-0.39, 0.29) is 70.6 Å². The number of ketones is 1. The molecule has 0 aliphatic rings. The fourth-order valence-electron chi connectivity index (χ4n) is 11.2. The van der Waals surface area contributed by atoms with Crippen molar-refractivity contribution in [2.75, 3.05) is 24.6 Å². The first kappa shape index (κ1) is 79.1. The molecule has 25 nitrogen and oxygen atoms in total.